The highest BCUT2D eigenvalue weighted by Crippen LogP contribution is 2.20. The maximum atomic E-state index is 5.75. The standard InChI is InChI=1S/C11H13N3S/c12-8-9(11-14-5-6-15-11)7-10-3-1-2-4-13-10/h1-6,9H,7-8,12H2. The van der Waals surface area contributed by atoms with Crippen LogP contribution < -0.4 is 5.73 Å². The first kappa shape index (κ1) is 10.3. The van der Waals surface area contributed by atoms with Crippen LogP contribution in [0.3, 0.4) is 0 Å². The van der Waals surface area contributed by atoms with Gasteiger partial charge in [0.2, 0.25) is 0 Å². The fourth-order valence-electron chi connectivity index (χ4n) is 1.48. The highest BCUT2D eigenvalue weighted by molar-refractivity contribution is 7.09. The van der Waals surface area contributed by atoms with Gasteiger partial charge in [0.1, 0.15) is 0 Å². The van der Waals surface area contributed by atoms with Crippen LogP contribution in [0.25, 0.3) is 0 Å². The van der Waals surface area contributed by atoms with Gasteiger partial charge < -0.3 is 5.73 Å². The maximum Gasteiger partial charge on any atom is 0.0972 e. The topological polar surface area (TPSA) is 51.8 Å². The van der Waals surface area contributed by atoms with E-state index in [1.165, 1.54) is 0 Å². The zero-order valence-electron chi connectivity index (χ0n) is 8.34. The summed E-state index contributed by atoms with van der Waals surface area (Å²) in [6.45, 7) is 0.615. The SMILES string of the molecule is NCC(Cc1ccccn1)c1nccs1. The molecule has 2 N–H and O–H groups in total. The highest BCUT2D eigenvalue weighted by atomic mass is 32.1. The number of aromatic nitrogens is 2. The molecule has 0 radical (unpaired) electrons. The van der Waals surface area contributed by atoms with Gasteiger partial charge >= 0.3 is 0 Å². The van der Waals surface area contributed by atoms with E-state index in [1.807, 2.05) is 36.0 Å². The third kappa shape index (κ3) is 2.61. The molecule has 2 heterocycles. The molecule has 0 amide bonds. The van der Waals surface area contributed by atoms with E-state index in [0.717, 1.165) is 17.1 Å². The molecule has 2 rings (SSSR count). The molecule has 3 nitrogen and oxygen atoms in total. The largest absolute Gasteiger partial charge is 0.330 e. The second kappa shape index (κ2) is 5.00. The van der Waals surface area contributed by atoms with E-state index < -0.39 is 0 Å². The molecule has 1 atom stereocenters. The van der Waals surface area contributed by atoms with Crippen LogP contribution in [-0.2, 0) is 6.42 Å². The Hall–Kier alpha value is -1.26. The van der Waals surface area contributed by atoms with E-state index >= 15 is 0 Å². The quantitative estimate of drug-likeness (QED) is 0.853. The van der Waals surface area contributed by atoms with Crippen molar-refractivity contribution in [2.75, 3.05) is 6.54 Å². The smallest absolute Gasteiger partial charge is 0.0972 e. The van der Waals surface area contributed by atoms with Gasteiger partial charge in [0.25, 0.3) is 0 Å². The number of hydrogen-bond acceptors (Lipinski definition) is 4. The van der Waals surface area contributed by atoms with Gasteiger partial charge in [0.05, 0.1) is 5.01 Å². The Morgan fingerprint density at radius 1 is 1.27 bits per heavy atom. The minimum absolute atomic E-state index is 0.292. The first-order chi connectivity index (χ1) is 7.40. The minimum atomic E-state index is 0.292. The number of nitrogens with zero attached hydrogens (tertiary/aromatic N) is 2. The summed E-state index contributed by atoms with van der Waals surface area (Å²) in [5.74, 6) is 0.292. The molecular weight excluding hydrogens is 206 g/mol. The maximum absolute atomic E-state index is 5.75. The van der Waals surface area contributed by atoms with Crippen molar-refractivity contribution in [3.63, 3.8) is 0 Å². The summed E-state index contributed by atoms with van der Waals surface area (Å²) in [6, 6.07) is 5.94. The number of hydrogen-bond donors (Lipinski definition) is 1. The van der Waals surface area contributed by atoms with E-state index in [-0.39, 0.29) is 0 Å². The van der Waals surface area contributed by atoms with Crippen LogP contribution in [0.1, 0.15) is 16.6 Å². The molecule has 0 aliphatic rings. The molecule has 0 fully saturated rings. The zero-order chi connectivity index (χ0) is 10.5. The number of pyridine rings is 1. The summed E-state index contributed by atoms with van der Waals surface area (Å²) in [5, 5.41) is 3.08. The summed E-state index contributed by atoms with van der Waals surface area (Å²) < 4.78 is 0. The molecule has 2 aromatic rings. The van der Waals surface area contributed by atoms with Gasteiger partial charge in [-0.2, -0.15) is 0 Å². The van der Waals surface area contributed by atoms with Crippen molar-refractivity contribution in [3.05, 3.63) is 46.7 Å². The molecule has 4 heteroatoms. The van der Waals surface area contributed by atoms with Gasteiger partial charge in [-0.25, -0.2) is 4.98 Å². The van der Waals surface area contributed by atoms with Gasteiger partial charge in [-0.05, 0) is 12.1 Å². The van der Waals surface area contributed by atoms with Crippen molar-refractivity contribution in [1.82, 2.24) is 9.97 Å². The van der Waals surface area contributed by atoms with Gasteiger partial charge in [-0.3, -0.25) is 4.98 Å². The summed E-state index contributed by atoms with van der Waals surface area (Å²) >= 11 is 1.66. The third-order valence-electron chi connectivity index (χ3n) is 2.27. The fourth-order valence-corrected chi connectivity index (χ4v) is 2.23. The third-order valence-corrected chi connectivity index (χ3v) is 3.20. The van der Waals surface area contributed by atoms with Crippen LogP contribution in [0.4, 0.5) is 0 Å². The van der Waals surface area contributed by atoms with Crippen LogP contribution in [0.15, 0.2) is 36.0 Å². The van der Waals surface area contributed by atoms with E-state index in [4.69, 9.17) is 5.73 Å². The summed E-state index contributed by atoms with van der Waals surface area (Å²) in [5.41, 5.74) is 6.82. The Morgan fingerprint density at radius 3 is 2.80 bits per heavy atom. The van der Waals surface area contributed by atoms with Crippen LogP contribution in [0, 0.1) is 0 Å². The lowest BCUT2D eigenvalue weighted by Gasteiger charge is -2.10. The van der Waals surface area contributed by atoms with Crippen molar-refractivity contribution >= 4 is 11.3 Å². The van der Waals surface area contributed by atoms with Crippen LogP contribution in [0.5, 0.6) is 0 Å². The molecule has 0 aliphatic carbocycles. The van der Waals surface area contributed by atoms with Gasteiger partial charge in [-0.15, -0.1) is 11.3 Å². The molecule has 15 heavy (non-hydrogen) atoms. The van der Waals surface area contributed by atoms with Crippen molar-refractivity contribution in [1.29, 1.82) is 0 Å². The van der Waals surface area contributed by atoms with E-state index in [2.05, 4.69) is 9.97 Å². The number of nitrogens with two attached hydrogens (primary N) is 1. The predicted octanol–water partition coefficient (Wildman–Crippen LogP) is 1.82. The Morgan fingerprint density at radius 2 is 2.20 bits per heavy atom. The lowest BCUT2D eigenvalue weighted by molar-refractivity contribution is 0.677. The molecule has 1 unspecified atom stereocenters. The van der Waals surface area contributed by atoms with Crippen molar-refractivity contribution in [2.24, 2.45) is 5.73 Å². The van der Waals surface area contributed by atoms with Crippen LogP contribution >= 0.6 is 11.3 Å². The summed E-state index contributed by atoms with van der Waals surface area (Å²) in [6.07, 6.45) is 4.50. The fraction of sp³-hybridized carbons (Fsp3) is 0.273. The van der Waals surface area contributed by atoms with E-state index in [1.54, 1.807) is 11.3 Å². The summed E-state index contributed by atoms with van der Waals surface area (Å²) in [7, 11) is 0. The molecule has 0 aromatic carbocycles. The molecule has 2 aromatic heterocycles. The molecule has 0 saturated carbocycles. The molecule has 0 saturated heterocycles. The van der Waals surface area contributed by atoms with E-state index in [9.17, 15) is 0 Å². The lowest BCUT2D eigenvalue weighted by atomic mass is 10.0. The Kier molecular flexibility index (Phi) is 3.42. The number of rotatable bonds is 4. The second-order valence-corrected chi connectivity index (χ2v) is 4.25. The van der Waals surface area contributed by atoms with Crippen molar-refractivity contribution in [3.8, 4) is 0 Å². The molecular formula is C11H13N3S. The molecule has 0 aliphatic heterocycles. The zero-order valence-corrected chi connectivity index (χ0v) is 9.15. The van der Waals surface area contributed by atoms with Gasteiger partial charge in [0, 0.05) is 42.4 Å². The minimum Gasteiger partial charge on any atom is -0.330 e. The normalized spacial score (nSPS) is 12.6. The monoisotopic (exact) mass is 219 g/mol. The van der Waals surface area contributed by atoms with Crippen molar-refractivity contribution in [2.45, 2.75) is 12.3 Å². The Balaban J connectivity index is 2.10. The highest BCUT2D eigenvalue weighted by Gasteiger charge is 2.13. The van der Waals surface area contributed by atoms with Crippen LogP contribution in [0.2, 0.25) is 0 Å². The molecule has 0 bridgehead atoms. The van der Waals surface area contributed by atoms with E-state index in [0.29, 0.717) is 12.5 Å². The van der Waals surface area contributed by atoms with Crippen molar-refractivity contribution < 1.29 is 0 Å². The Labute approximate surface area is 93.0 Å². The van der Waals surface area contributed by atoms with Gasteiger partial charge in [0.15, 0.2) is 0 Å². The molecule has 0 spiro atoms. The first-order valence-electron chi connectivity index (χ1n) is 4.89. The summed E-state index contributed by atoms with van der Waals surface area (Å²) in [4.78, 5) is 8.59. The lowest BCUT2D eigenvalue weighted by Crippen LogP contribution is -2.15. The Bertz CT molecular complexity index is 385. The average Bonchev–Trinajstić information content (AvgIpc) is 2.81. The molecule has 78 valence electrons. The average molecular weight is 219 g/mol. The number of thiazole rings is 1. The van der Waals surface area contributed by atoms with Crippen LogP contribution in [-0.4, -0.2) is 16.5 Å². The first-order valence-corrected chi connectivity index (χ1v) is 5.77. The van der Waals surface area contributed by atoms with Gasteiger partial charge in [-0.1, -0.05) is 6.07 Å². The second-order valence-electron chi connectivity index (χ2n) is 3.33. The predicted molar refractivity (Wildman–Crippen MR) is 61.9 cm³/mol.